The van der Waals surface area contributed by atoms with Gasteiger partial charge >= 0.3 is 0 Å². The minimum Gasteiger partial charge on any atom is -0.493 e. The highest BCUT2D eigenvalue weighted by molar-refractivity contribution is 5.38. The lowest BCUT2D eigenvalue weighted by atomic mass is 9.93. The van der Waals surface area contributed by atoms with Gasteiger partial charge in [0, 0.05) is 0 Å². The average molecular weight is 206 g/mol. The number of aryl methyl sites for hydroxylation is 1. The summed E-state index contributed by atoms with van der Waals surface area (Å²) in [7, 11) is 0. The zero-order chi connectivity index (χ0) is 11.5. The van der Waals surface area contributed by atoms with E-state index in [1.54, 1.807) is 0 Å². The Balaban J connectivity index is 2.55. The van der Waals surface area contributed by atoms with Gasteiger partial charge in [0.25, 0.3) is 0 Å². The van der Waals surface area contributed by atoms with Crippen LogP contribution in [0.1, 0.15) is 38.3 Å². The third kappa shape index (κ3) is 3.94. The number of hydrogen-bond donors (Lipinski definition) is 0. The second-order valence-electron chi connectivity index (χ2n) is 5.36. The van der Waals surface area contributed by atoms with E-state index in [2.05, 4.69) is 46.8 Å². The summed E-state index contributed by atoms with van der Waals surface area (Å²) in [4.78, 5) is 0. The highest BCUT2D eigenvalue weighted by Crippen LogP contribution is 2.23. The second kappa shape index (κ2) is 4.69. The molecule has 1 aromatic rings. The Morgan fingerprint density at radius 1 is 1.13 bits per heavy atom. The van der Waals surface area contributed by atoms with Gasteiger partial charge in [-0.1, -0.05) is 32.9 Å². The van der Waals surface area contributed by atoms with Gasteiger partial charge < -0.3 is 4.74 Å². The summed E-state index contributed by atoms with van der Waals surface area (Å²) in [5.41, 5.74) is 2.90. The first-order valence-corrected chi connectivity index (χ1v) is 5.59. The summed E-state index contributed by atoms with van der Waals surface area (Å²) in [5.74, 6) is 1.03. The third-order valence-electron chi connectivity index (χ3n) is 2.66. The molecule has 1 rings (SSSR count). The molecule has 84 valence electrons. The van der Waals surface area contributed by atoms with Crippen molar-refractivity contribution in [3.63, 3.8) is 0 Å². The molecule has 0 spiro atoms. The van der Waals surface area contributed by atoms with Crippen LogP contribution in [-0.2, 0) is 0 Å². The maximum Gasteiger partial charge on any atom is 0.122 e. The van der Waals surface area contributed by atoms with Crippen LogP contribution in [0.3, 0.4) is 0 Å². The molecule has 0 bridgehead atoms. The van der Waals surface area contributed by atoms with Crippen molar-refractivity contribution in [1.29, 1.82) is 0 Å². The van der Waals surface area contributed by atoms with Crippen LogP contribution in [0, 0.1) is 19.3 Å². The molecule has 0 unspecified atom stereocenters. The lowest BCUT2D eigenvalue weighted by Crippen LogP contribution is -2.11. The normalized spacial score (nSPS) is 11.5. The number of rotatable bonds is 3. The largest absolute Gasteiger partial charge is 0.493 e. The molecule has 0 saturated carbocycles. The summed E-state index contributed by atoms with van der Waals surface area (Å²) in [6.45, 7) is 11.7. The zero-order valence-electron chi connectivity index (χ0n) is 10.6. The molecule has 1 aromatic carbocycles. The maximum atomic E-state index is 5.79. The Bertz CT molecular complexity index is 321. The fourth-order valence-corrected chi connectivity index (χ4v) is 1.35. The summed E-state index contributed by atoms with van der Waals surface area (Å²) in [6, 6.07) is 6.21. The quantitative estimate of drug-likeness (QED) is 0.723. The van der Waals surface area contributed by atoms with Gasteiger partial charge in [-0.2, -0.15) is 0 Å². The molecule has 0 aliphatic rings. The number of benzene rings is 1. The summed E-state index contributed by atoms with van der Waals surface area (Å²) in [5, 5.41) is 0. The van der Waals surface area contributed by atoms with Gasteiger partial charge in [0.2, 0.25) is 0 Å². The van der Waals surface area contributed by atoms with Gasteiger partial charge in [0.1, 0.15) is 5.75 Å². The van der Waals surface area contributed by atoms with Crippen LogP contribution in [0.2, 0.25) is 0 Å². The van der Waals surface area contributed by atoms with E-state index in [-0.39, 0.29) is 0 Å². The first-order chi connectivity index (χ1) is 6.90. The monoisotopic (exact) mass is 206 g/mol. The smallest absolute Gasteiger partial charge is 0.122 e. The van der Waals surface area contributed by atoms with Crippen molar-refractivity contribution in [2.24, 2.45) is 5.41 Å². The topological polar surface area (TPSA) is 9.23 Å². The number of hydrogen-bond acceptors (Lipinski definition) is 1. The third-order valence-corrected chi connectivity index (χ3v) is 2.66. The van der Waals surface area contributed by atoms with Gasteiger partial charge in [-0.15, -0.1) is 0 Å². The van der Waals surface area contributed by atoms with E-state index in [1.165, 1.54) is 11.1 Å². The fourth-order valence-electron chi connectivity index (χ4n) is 1.35. The van der Waals surface area contributed by atoms with Gasteiger partial charge in [0.15, 0.2) is 0 Å². The summed E-state index contributed by atoms with van der Waals surface area (Å²) >= 11 is 0. The Morgan fingerprint density at radius 2 is 1.80 bits per heavy atom. The molecule has 0 aromatic heterocycles. The first-order valence-electron chi connectivity index (χ1n) is 5.59. The van der Waals surface area contributed by atoms with Crippen molar-refractivity contribution in [2.75, 3.05) is 6.61 Å². The van der Waals surface area contributed by atoms with Crippen LogP contribution >= 0.6 is 0 Å². The van der Waals surface area contributed by atoms with Crippen molar-refractivity contribution in [3.8, 4) is 5.75 Å². The molecule has 0 heterocycles. The molecule has 1 nitrogen and oxygen atoms in total. The molecule has 1 heteroatoms. The fraction of sp³-hybridized carbons (Fsp3) is 0.571. The van der Waals surface area contributed by atoms with Crippen molar-refractivity contribution >= 4 is 0 Å². The van der Waals surface area contributed by atoms with Crippen LogP contribution < -0.4 is 4.74 Å². The molecule has 0 aliphatic heterocycles. The highest BCUT2D eigenvalue weighted by Gasteiger charge is 2.10. The van der Waals surface area contributed by atoms with E-state index in [1.807, 2.05) is 6.07 Å². The molecule has 0 amide bonds. The first kappa shape index (κ1) is 12.1. The Morgan fingerprint density at radius 3 is 2.40 bits per heavy atom. The van der Waals surface area contributed by atoms with Crippen molar-refractivity contribution in [1.82, 2.24) is 0 Å². The zero-order valence-corrected chi connectivity index (χ0v) is 10.6. The maximum absolute atomic E-state index is 5.79. The lowest BCUT2D eigenvalue weighted by molar-refractivity contribution is 0.242. The molecule has 0 atom stereocenters. The van der Waals surface area contributed by atoms with Crippen LogP contribution in [0.25, 0.3) is 0 Å². The molecule has 0 fully saturated rings. The van der Waals surface area contributed by atoms with Gasteiger partial charge in [0.05, 0.1) is 6.61 Å². The van der Waals surface area contributed by atoms with E-state index in [0.717, 1.165) is 18.8 Å². The van der Waals surface area contributed by atoms with E-state index in [4.69, 9.17) is 4.74 Å². The van der Waals surface area contributed by atoms with E-state index in [9.17, 15) is 0 Å². The molecule has 0 saturated heterocycles. The molecule has 0 N–H and O–H groups in total. The molecule has 0 aliphatic carbocycles. The van der Waals surface area contributed by atoms with Gasteiger partial charge in [-0.3, -0.25) is 0 Å². The predicted octanol–water partition coefficient (Wildman–Crippen LogP) is 4.12. The van der Waals surface area contributed by atoms with E-state index < -0.39 is 0 Å². The van der Waals surface area contributed by atoms with Gasteiger partial charge in [-0.05, 0) is 42.9 Å². The lowest BCUT2D eigenvalue weighted by Gasteiger charge is -2.19. The minimum absolute atomic E-state index is 0.345. The highest BCUT2D eigenvalue weighted by atomic mass is 16.5. The molecule has 15 heavy (non-hydrogen) atoms. The molecular formula is C14H22O. The Hall–Kier alpha value is -0.980. The van der Waals surface area contributed by atoms with Crippen molar-refractivity contribution < 1.29 is 4.74 Å². The summed E-state index contributed by atoms with van der Waals surface area (Å²) in [6.07, 6.45) is 1.08. The van der Waals surface area contributed by atoms with Crippen LogP contribution in [0.4, 0.5) is 0 Å². The SMILES string of the molecule is Cc1cccc(OCCC(C)(C)C)c1C. The standard InChI is InChI=1S/C14H22O/c1-11-7-6-8-13(12(11)2)15-10-9-14(3,4)5/h6-8H,9-10H2,1-5H3. The van der Waals surface area contributed by atoms with Crippen LogP contribution in [-0.4, -0.2) is 6.61 Å². The Kier molecular flexibility index (Phi) is 3.78. The van der Waals surface area contributed by atoms with Crippen LogP contribution in [0.15, 0.2) is 18.2 Å². The predicted molar refractivity (Wildman–Crippen MR) is 65.5 cm³/mol. The number of ether oxygens (including phenoxy) is 1. The van der Waals surface area contributed by atoms with Crippen molar-refractivity contribution in [2.45, 2.75) is 41.0 Å². The minimum atomic E-state index is 0.345. The average Bonchev–Trinajstić information content (AvgIpc) is 2.10. The van der Waals surface area contributed by atoms with E-state index >= 15 is 0 Å². The van der Waals surface area contributed by atoms with Crippen LogP contribution in [0.5, 0.6) is 5.75 Å². The summed E-state index contributed by atoms with van der Waals surface area (Å²) < 4.78 is 5.79. The molecular weight excluding hydrogens is 184 g/mol. The Labute approximate surface area is 93.5 Å². The van der Waals surface area contributed by atoms with E-state index in [0.29, 0.717) is 5.41 Å². The van der Waals surface area contributed by atoms with Gasteiger partial charge in [-0.25, -0.2) is 0 Å². The van der Waals surface area contributed by atoms with Crippen molar-refractivity contribution in [3.05, 3.63) is 29.3 Å². The molecule has 0 radical (unpaired) electrons. The second-order valence-corrected chi connectivity index (χ2v) is 5.36.